The van der Waals surface area contributed by atoms with Gasteiger partial charge in [0.05, 0.1) is 12.3 Å². The Hall–Kier alpha value is -0.920. The third-order valence-corrected chi connectivity index (χ3v) is 5.42. The Bertz CT molecular complexity index is 465. The molecule has 0 saturated heterocycles. The molecule has 0 aromatic carbocycles. The lowest BCUT2D eigenvalue weighted by Crippen LogP contribution is -2.47. The Morgan fingerprint density at radius 1 is 1.60 bits per heavy atom. The fourth-order valence-corrected chi connectivity index (χ4v) is 4.10. The van der Waals surface area contributed by atoms with Crippen LogP contribution in [0.15, 0.2) is 21.6 Å². The molecule has 2 atom stereocenters. The topological polar surface area (TPSA) is 49.0 Å². The molecule has 1 aliphatic rings. The second kappa shape index (κ2) is 7.19. The van der Waals surface area contributed by atoms with E-state index in [0.717, 1.165) is 37.3 Å². The molecular formula is C16H24N2OS. The van der Waals surface area contributed by atoms with Crippen LogP contribution in [-0.4, -0.2) is 17.8 Å². The highest BCUT2D eigenvalue weighted by atomic mass is 32.2. The highest BCUT2D eigenvalue weighted by Gasteiger charge is 2.42. The van der Waals surface area contributed by atoms with Crippen molar-refractivity contribution in [2.24, 2.45) is 5.92 Å². The second-order valence-corrected chi connectivity index (χ2v) is 6.71. The summed E-state index contributed by atoms with van der Waals surface area (Å²) >= 11 is 1.84. The normalized spacial score (nSPS) is 25.8. The molecule has 1 N–H and O–H groups in total. The van der Waals surface area contributed by atoms with Gasteiger partial charge >= 0.3 is 0 Å². The minimum atomic E-state index is -0.276. The third-order valence-electron chi connectivity index (χ3n) is 4.25. The standard InChI is InChI=1S/C16H24N2OS/c1-3-9-18-16(12-17)8-4-5-14(16)7-11-20-15-6-10-19-13(15)2/h6,10,14,18H,3-5,7-9,11H2,1-2H3. The van der Waals surface area contributed by atoms with Crippen molar-refractivity contribution >= 4 is 11.8 Å². The largest absolute Gasteiger partial charge is 0.468 e. The van der Waals surface area contributed by atoms with Gasteiger partial charge in [-0.25, -0.2) is 0 Å². The average Bonchev–Trinajstić information content (AvgIpc) is 3.04. The van der Waals surface area contributed by atoms with Gasteiger partial charge in [-0.05, 0) is 56.9 Å². The number of nitrogens with one attached hydrogen (secondary N) is 1. The molecule has 1 heterocycles. The zero-order chi connectivity index (χ0) is 14.4. The molecule has 20 heavy (non-hydrogen) atoms. The Balaban J connectivity index is 1.87. The van der Waals surface area contributed by atoms with E-state index in [2.05, 4.69) is 18.3 Å². The number of aryl methyl sites for hydroxylation is 1. The first kappa shape index (κ1) is 15.5. The van der Waals surface area contributed by atoms with Crippen LogP contribution >= 0.6 is 11.8 Å². The summed E-state index contributed by atoms with van der Waals surface area (Å²) in [6.45, 7) is 5.10. The predicted octanol–water partition coefficient (Wildman–Crippen LogP) is 4.13. The first-order valence-electron chi connectivity index (χ1n) is 7.55. The monoisotopic (exact) mass is 292 g/mol. The minimum Gasteiger partial charge on any atom is -0.468 e. The highest BCUT2D eigenvalue weighted by Crippen LogP contribution is 2.39. The van der Waals surface area contributed by atoms with Gasteiger partial charge in [0.1, 0.15) is 11.3 Å². The molecule has 0 radical (unpaired) electrons. The summed E-state index contributed by atoms with van der Waals surface area (Å²) in [7, 11) is 0. The number of furan rings is 1. The third kappa shape index (κ3) is 3.39. The van der Waals surface area contributed by atoms with E-state index in [1.807, 2.05) is 24.8 Å². The second-order valence-electron chi connectivity index (χ2n) is 5.58. The smallest absolute Gasteiger partial charge is 0.114 e. The fourth-order valence-electron chi connectivity index (χ4n) is 3.07. The van der Waals surface area contributed by atoms with Crippen LogP contribution in [0.25, 0.3) is 0 Å². The van der Waals surface area contributed by atoms with Gasteiger partial charge in [-0.3, -0.25) is 5.32 Å². The van der Waals surface area contributed by atoms with Crippen LogP contribution in [0.2, 0.25) is 0 Å². The number of hydrogen-bond acceptors (Lipinski definition) is 4. The number of nitriles is 1. The molecule has 0 bridgehead atoms. The highest BCUT2D eigenvalue weighted by molar-refractivity contribution is 7.99. The van der Waals surface area contributed by atoms with Gasteiger partial charge in [0.25, 0.3) is 0 Å². The van der Waals surface area contributed by atoms with Gasteiger partial charge in [0, 0.05) is 4.90 Å². The summed E-state index contributed by atoms with van der Waals surface area (Å²) in [5.74, 6) is 2.54. The Morgan fingerprint density at radius 3 is 3.10 bits per heavy atom. The van der Waals surface area contributed by atoms with Crippen LogP contribution in [0.3, 0.4) is 0 Å². The lowest BCUT2D eigenvalue weighted by Gasteiger charge is -2.30. The Kier molecular flexibility index (Phi) is 5.56. The van der Waals surface area contributed by atoms with Crippen molar-refractivity contribution in [2.75, 3.05) is 12.3 Å². The molecule has 2 rings (SSSR count). The van der Waals surface area contributed by atoms with E-state index in [-0.39, 0.29) is 5.54 Å². The average molecular weight is 292 g/mol. The molecule has 0 amide bonds. The lowest BCUT2D eigenvalue weighted by molar-refractivity contribution is 0.311. The van der Waals surface area contributed by atoms with Gasteiger partial charge in [-0.2, -0.15) is 5.26 Å². The summed E-state index contributed by atoms with van der Waals surface area (Å²) in [4.78, 5) is 1.23. The Morgan fingerprint density at radius 2 is 2.45 bits per heavy atom. The maximum atomic E-state index is 9.61. The molecule has 1 aromatic heterocycles. The zero-order valence-electron chi connectivity index (χ0n) is 12.4. The Labute approximate surface area is 126 Å². The molecule has 1 saturated carbocycles. The molecule has 4 heteroatoms. The van der Waals surface area contributed by atoms with Crippen LogP contribution in [-0.2, 0) is 0 Å². The van der Waals surface area contributed by atoms with E-state index in [9.17, 15) is 5.26 Å². The summed E-state index contributed by atoms with van der Waals surface area (Å²) in [5, 5.41) is 13.1. The van der Waals surface area contributed by atoms with Crippen LogP contribution in [0.5, 0.6) is 0 Å². The van der Waals surface area contributed by atoms with Crippen molar-refractivity contribution in [1.82, 2.24) is 5.32 Å². The van der Waals surface area contributed by atoms with Gasteiger partial charge in [-0.1, -0.05) is 13.3 Å². The molecule has 0 spiro atoms. The fraction of sp³-hybridized carbons (Fsp3) is 0.688. The van der Waals surface area contributed by atoms with Crippen LogP contribution in [0, 0.1) is 24.2 Å². The quantitative estimate of drug-likeness (QED) is 0.768. The first-order valence-corrected chi connectivity index (χ1v) is 8.53. The number of hydrogen-bond donors (Lipinski definition) is 1. The molecule has 110 valence electrons. The summed E-state index contributed by atoms with van der Waals surface area (Å²) in [6, 6.07) is 4.61. The van der Waals surface area contributed by atoms with Crippen LogP contribution in [0.4, 0.5) is 0 Å². The summed E-state index contributed by atoms with van der Waals surface area (Å²) in [6.07, 6.45) is 7.28. The van der Waals surface area contributed by atoms with E-state index < -0.39 is 0 Å². The molecule has 1 fully saturated rings. The molecular weight excluding hydrogens is 268 g/mol. The van der Waals surface area contributed by atoms with Crippen LogP contribution in [0.1, 0.15) is 44.8 Å². The molecule has 1 aliphatic carbocycles. The van der Waals surface area contributed by atoms with Crippen LogP contribution < -0.4 is 5.32 Å². The summed E-state index contributed by atoms with van der Waals surface area (Å²) in [5.41, 5.74) is -0.276. The van der Waals surface area contributed by atoms with Gasteiger partial charge < -0.3 is 4.42 Å². The predicted molar refractivity (Wildman–Crippen MR) is 82.8 cm³/mol. The van der Waals surface area contributed by atoms with Crippen molar-refractivity contribution < 1.29 is 4.42 Å². The van der Waals surface area contributed by atoms with Crippen molar-refractivity contribution in [3.63, 3.8) is 0 Å². The number of rotatable bonds is 7. The molecule has 0 aliphatic heterocycles. The summed E-state index contributed by atoms with van der Waals surface area (Å²) < 4.78 is 5.32. The van der Waals surface area contributed by atoms with E-state index in [1.165, 1.54) is 17.7 Å². The first-order chi connectivity index (χ1) is 9.72. The molecule has 1 aromatic rings. The minimum absolute atomic E-state index is 0.276. The van der Waals surface area contributed by atoms with Crippen molar-refractivity contribution in [2.45, 2.75) is 56.4 Å². The van der Waals surface area contributed by atoms with E-state index in [4.69, 9.17) is 4.42 Å². The van der Waals surface area contributed by atoms with E-state index in [1.54, 1.807) is 6.26 Å². The maximum absolute atomic E-state index is 9.61. The van der Waals surface area contributed by atoms with E-state index in [0.29, 0.717) is 5.92 Å². The van der Waals surface area contributed by atoms with Crippen molar-refractivity contribution in [3.8, 4) is 6.07 Å². The zero-order valence-corrected chi connectivity index (χ0v) is 13.3. The maximum Gasteiger partial charge on any atom is 0.114 e. The van der Waals surface area contributed by atoms with Gasteiger partial charge in [0.15, 0.2) is 0 Å². The van der Waals surface area contributed by atoms with E-state index >= 15 is 0 Å². The van der Waals surface area contributed by atoms with Gasteiger partial charge in [0.2, 0.25) is 0 Å². The SMILES string of the molecule is CCCNC1(C#N)CCCC1CCSc1ccoc1C. The van der Waals surface area contributed by atoms with Crippen molar-refractivity contribution in [3.05, 3.63) is 18.1 Å². The molecule has 3 nitrogen and oxygen atoms in total. The lowest BCUT2D eigenvalue weighted by atomic mass is 9.86. The number of nitrogens with zero attached hydrogens (tertiary/aromatic N) is 1. The van der Waals surface area contributed by atoms with Crippen molar-refractivity contribution in [1.29, 1.82) is 5.26 Å². The number of thioether (sulfide) groups is 1. The van der Waals surface area contributed by atoms with Gasteiger partial charge in [-0.15, -0.1) is 11.8 Å². The molecule has 2 unspecified atom stereocenters.